The molecule has 0 spiro atoms. The summed E-state index contributed by atoms with van der Waals surface area (Å²) in [6.07, 6.45) is 5.87. The second-order valence-electron chi connectivity index (χ2n) is 6.61. The van der Waals surface area contributed by atoms with Crippen LogP contribution in [0.2, 0.25) is 5.02 Å². The molecule has 1 saturated carbocycles. The molecule has 2 aromatic rings. The van der Waals surface area contributed by atoms with E-state index in [0.717, 1.165) is 31.7 Å². The molecule has 1 aliphatic carbocycles. The van der Waals surface area contributed by atoms with Crippen LogP contribution in [0.1, 0.15) is 12.8 Å². The van der Waals surface area contributed by atoms with Crippen molar-refractivity contribution in [3.8, 4) is 5.75 Å². The van der Waals surface area contributed by atoms with Crippen LogP contribution in [-0.4, -0.2) is 39.8 Å². The van der Waals surface area contributed by atoms with Gasteiger partial charge in [-0.05, 0) is 49.1 Å². The molecule has 24 heavy (non-hydrogen) atoms. The van der Waals surface area contributed by atoms with E-state index in [1.807, 2.05) is 41.4 Å². The SMILES string of the molecule is O=C(Cn1cccn1)N1C[C@@H]2CC[C@H](Oc3ccc(Cl)cc3)[C@@H]2C1. The maximum atomic E-state index is 12.5. The standard InChI is InChI=1S/C18H20ClN3O2/c19-14-3-5-15(6-4-14)24-17-7-2-13-10-21(11-16(13)17)18(23)12-22-9-1-8-20-22/h1,3-6,8-9,13,16-17H,2,7,10-12H2/t13-,16+,17-/m0/s1. The summed E-state index contributed by atoms with van der Waals surface area (Å²) in [7, 11) is 0. The maximum absolute atomic E-state index is 12.5. The molecule has 1 amide bonds. The number of benzene rings is 1. The van der Waals surface area contributed by atoms with Gasteiger partial charge in [0.05, 0.1) is 0 Å². The molecule has 126 valence electrons. The maximum Gasteiger partial charge on any atom is 0.244 e. The Bertz CT molecular complexity index is 702. The summed E-state index contributed by atoms with van der Waals surface area (Å²) in [5, 5.41) is 4.82. The smallest absolute Gasteiger partial charge is 0.244 e. The predicted molar refractivity (Wildman–Crippen MR) is 90.9 cm³/mol. The lowest BCUT2D eigenvalue weighted by Gasteiger charge is -2.22. The average Bonchev–Trinajstić information content (AvgIpc) is 3.28. The van der Waals surface area contributed by atoms with Gasteiger partial charge in [0, 0.05) is 36.4 Å². The zero-order valence-electron chi connectivity index (χ0n) is 13.3. The van der Waals surface area contributed by atoms with Crippen molar-refractivity contribution in [1.82, 2.24) is 14.7 Å². The molecule has 0 N–H and O–H groups in total. The Labute approximate surface area is 146 Å². The monoisotopic (exact) mass is 345 g/mol. The highest BCUT2D eigenvalue weighted by Gasteiger charge is 2.45. The van der Waals surface area contributed by atoms with Crippen LogP contribution in [0.25, 0.3) is 0 Å². The summed E-state index contributed by atoms with van der Waals surface area (Å²) >= 11 is 5.92. The first-order chi connectivity index (χ1) is 11.7. The number of halogens is 1. The lowest BCUT2D eigenvalue weighted by molar-refractivity contribution is -0.131. The number of likely N-dealkylation sites (tertiary alicyclic amines) is 1. The van der Waals surface area contributed by atoms with Crippen molar-refractivity contribution >= 4 is 17.5 Å². The highest BCUT2D eigenvalue weighted by atomic mass is 35.5. The number of fused-ring (bicyclic) bond motifs is 1. The van der Waals surface area contributed by atoms with Crippen molar-refractivity contribution in [2.45, 2.75) is 25.5 Å². The Morgan fingerprint density at radius 3 is 2.83 bits per heavy atom. The molecular weight excluding hydrogens is 326 g/mol. The molecule has 2 heterocycles. The number of carbonyl (C=O) groups excluding carboxylic acids is 1. The molecule has 1 aromatic carbocycles. The summed E-state index contributed by atoms with van der Waals surface area (Å²) in [5.74, 6) is 1.95. The zero-order chi connectivity index (χ0) is 16.5. The zero-order valence-corrected chi connectivity index (χ0v) is 14.1. The van der Waals surface area contributed by atoms with Crippen LogP contribution in [0.3, 0.4) is 0 Å². The quantitative estimate of drug-likeness (QED) is 0.856. The molecule has 5 nitrogen and oxygen atoms in total. The van der Waals surface area contributed by atoms with Crippen LogP contribution in [-0.2, 0) is 11.3 Å². The molecule has 0 bridgehead atoms. The fraction of sp³-hybridized carbons (Fsp3) is 0.444. The van der Waals surface area contributed by atoms with Crippen molar-refractivity contribution in [3.63, 3.8) is 0 Å². The van der Waals surface area contributed by atoms with Crippen molar-refractivity contribution in [2.75, 3.05) is 13.1 Å². The fourth-order valence-corrected chi connectivity index (χ4v) is 4.01. The lowest BCUT2D eigenvalue weighted by atomic mass is 9.99. The summed E-state index contributed by atoms with van der Waals surface area (Å²) in [4.78, 5) is 14.4. The molecule has 1 aliphatic heterocycles. The Hall–Kier alpha value is -2.01. The van der Waals surface area contributed by atoms with E-state index in [9.17, 15) is 4.79 Å². The largest absolute Gasteiger partial charge is 0.490 e. The van der Waals surface area contributed by atoms with Crippen LogP contribution < -0.4 is 4.74 Å². The van der Waals surface area contributed by atoms with Gasteiger partial charge in [0.25, 0.3) is 0 Å². The van der Waals surface area contributed by atoms with E-state index in [0.29, 0.717) is 23.4 Å². The van der Waals surface area contributed by atoms with E-state index in [2.05, 4.69) is 5.10 Å². The van der Waals surface area contributed by atoms with Crippen molar-refractivity contribution in [3.05, 3.63) is 47.7 Å². The molecule has 4 rings (SSSR count). The number of amides is 1. The normalized spacial score (nSPS) is 25.7. The van der Waals surface area contributed by atoms with E-state index in [-0.39, 0.29) is 12.0 Å². The predicted octanol–water partition coefficient (Wildman–Crippen LogP) is 2.85. The van der Waals surface area contributed by atoms with Gasteiger partial charge in [-0.15, -0.1) is 0 Å². The average molecular weight is 346 g/mol. The van der Waals surface area contributed by atoms with Gasteiger partial charge < -0.3 is 9.64 Å². The Balaban J connectivity index is 1.37. The van der Waals surface area contributed by atoms with Gasteiger partial charge in [-0.1, -0.05) is 11.6 Å². The highest BCUT2D eigenvalue weighted by molar-refractivity contribution is 6.30. The first kappa shape index (κ1) is 15.5. The first-order valence-corrected chi connectivity index (χ1v) is 8.74. The van der Waals surface area contributed by atoms with Crippen LogP contribution in [0.15, 0.2) is 42.7 Å². The molecule has 0 radical (unpaired) electrons. The minimum Gasteiger partial charge on any atom is -0.490 e. The molecule has 3 atom stereocenters. The van der Waals surface area contributed by atoms with Gasteiger partial charge in [0.2, 0.25) is 5.91 Å². The van der Waals surface area contributed by atoms with Crippen molar-refractivity contribution in [2.24, 2.45) is 11.8 Å². The van der Waals surface area contributed by atoms with Crippen LogP contribution >= 0.6 is 11.6 Å². The number of rotatable bonds is 4. The molecule has 1 aromatic heterocycles. The topological polar surface area (TPSA) is 47.4 Å². The van der Waals surface area contributed by atoms with Gasteiger partial charge in [0.15, 0.2) is 0 Å². The number of ether oxygens (including phenoxy) is 1. The highest BCUT2D eigenvalue weighted by Crippen LogP contribution is 2.40. The minimum absolute atomic E-state index is 0.137. The summed E-state index contributed by atoms with van der Waals surface area (Å²) < 4.78 is 7.84. The second kappa shape index (κ2) is 6.48. The summed E-state index contributed by atoms with van der Waals surface area (Å²) in [5.41, 5.74) is 0. The Morgan fingerprint density at radius 1 is 1.25 bits per heavy atom. The second-order valence-corrected chi connectivity index (χ2v) is 7.05. The molecule has 0 unspecified atom stereocenters. The van der Waals surface area contributed by atoms with E-state index < -0.39 is 0 Å². The van der Waals surface area contributed by atoms with E-state index in [4.69, 9.17) is 16.3 Å². The minimum atomic E-state index is 0.137. The number of hydrogen-bond donors (Lipinski definition) is 0. The molecule has 2 aliphatic rings. The number of aromatic nitrogens is 2. The van der Waals surface area contributed by atoms with Gasteiger partial charge >= 0.3 is 0 Å². The van der Waals surface area contributed by atoms with Gasteiger partial charge in [-0.2, -0.15) is 5.10 Å². The summed E-state index contributed by atoms with van der Waals surface area (Å²) in [6.45, 7) is 1.93. The Kier molecular flexibility index (Phi) is 4.19. The number of hydrogen-bond acceptors (Lipinski definition) is 3. The van der Waals surface area contributed by atoms with Crippen molar-refractivity contribution in [1.29, 1.82) is 0 Å². The molecule has 6 heteroatoms. The summed E-state index contributed by atoms with van der Waals surface area (Å²) in [6, 6.07) is 9.34. The molecule has 2 fully saturated rings. The van der Waals surface area contributed by atoms with Gasteiger partial charge in [0.1, 0.15) is 18.4 Å². The number of nitrogens with zero attached hydrogens (tertiary/aromatic N) is 3. The Morgan fingerprint density at radius 2 is 2.08 bits per heavy atom. The number of carbonyl (C=O) groups is 1. The van der Waals surface area contributed by atoms with Gasteiger partial charge in [-0.25, -0.2) is 0 Å². The lowest BCUT2D eigenvalue weighted by Crippen LogP contribution is -2.34. The fourth-order valence-electron chi connectivity index (χ4n) is 3.89. The molecular formula is C18H20ClN3O2. The third-order valence-corrected chi connectivity index (χ3v) is 5.35. The van der Waals surface area contributed by atoms with E-state index >= 15 is 0 Å². The third kappa shape index (κ3) is 3.13. The first-order valence-electron chi connectivity index (χ1n) is 8.36. The van der Waals surface area contributed by atoms with E-state index in [1.54, 1.807) is 10.9 Å². The van der Waals surface area contributed by atoms with E-state index in [1.165, 1.54) is 0 Å². The van der Waals surface area contributed by atoms with Crippen LogP contribution in [0.4, 0.5) is 0 Å². The van der Waals surface area contributed by atoms with Crippen molar-refractivity contribution < 1.29 is 9.53 Å². The molecule has 1 saturated heterocycles. The van der Waals surface area contributed by atoms with Crippen LogP contribution in [0.5, 0.6) is 5.75 Å². The van der Waals surface area contributed by atoms with Gasteiger partial charge in [-0.3, -0.25) is 9.48 Å². The third-order valence-electron chi connectivity index (χ3n) is 5.10. The van der Waals surface area contributed by atoms with Crippen LogP contribution in [0, 0.1) is 11.8 Å².